The fraction of sp³-hybridized carbons (Fsp3) is 0.460. The van der Waals surface area contributed by atoms with Gasteiger partial charge < -0.3 is 44.0 Å². The Kier molecular flexibility index (Phi) is 13.9. The molecule has 4 aliphatic rings. The zero-order valence-corrected chi connectivity index (χ0v) is 36.9. The van der Waals surface area contributed by atoms with Crippen molar-refractivity contribution in [1.29, 1.82) is 0 Å². The molecular formula is C50H57NO13. The molecule has 0 aromatic heterocycles. The minimum absolute atomic E-state index is 0.0524. The van der Waals surface area contributed by atoms with Gasteiger partial charge in [-0.2, -0.15) is 0 Å². The molecule has 1 fully saturated rings. The minimum Gasteiger partial charge on any atom is -0.490 e. The van der Waals surface area contributed by atoms with Gasteiger partial charge in [-0.15, -0.1) is 0 Å². The summed E-state index contributed by atoms with van der Waals surface area (Å²) in [5.74, 6) is -5.14. The number of esters is 3. The van der Waals surface area contributed by atoms with Crippen LogP contribution < -0.4 is 5.32 Å². The van der Waals surface area contributed by atoms with Crippen LogP contribution in [0.3, 0.4) is 0 Å². The maximum Gasteiger partial charge on any atom is 0.338 e. The lowest BCUT2D eigenvalue weighted by atomic mass is 9.53. The second-order valence-electron chi connectivity index (χ2n) is 17.6. The van der Waals surface area contributed by atoms with Crippen LogP contribution in [0.15, 0.2) is 113 Å². The van der Waals surface area contributed by atoms with Gasteiger partial charge in [0.25, 0.3) is 5.91 Å². The van der Waals surface area contributed by atoms with E-state index in [1.807, 2.05) is 0 Å². The summed E-state index contributed by atoms with van der Waals surface area (Å²) in [6, 6.07) is 23.7. The summed E-state index contributed by atoms with van der Waals surface area (Å²) in [5.41, 5.74) is -3.97. The maximum absolute atomic E-state index is 15.4. The molecule has 7 rings (SSSR count). The van der Waals surface area contributed by atoms with E-state index in [2.05, 4.69) is 5.32 Å². The van der Waals surface area contributed by atoms with E-state index in [4.69, 9.17) is 28.4 Å². The van der Waals surface area contributed by atoms with E-state index in [1.54, 1.807) is 119 Å². The molecule has 3 aromatic rings. The van der Waals surface area contributed by atoms with Crippen molar-refractivity contribution in [1.82, 2.24) is 5.32 Å². The SMILES string of the molecule is CC(=O)O[C@@]12CO[C@@H]1CCOCCCCCOC1=C(C)[C@@H]2[C@H](OC(=O)c2ccccc2)[C@]2(O)C[C@H](OC(=O)[C@H](O)[C@@H](NC(=O)c3ccccc3)c3ccccc3)C(C)=C(C1=O)C2(C)C. The number of hydrogen-bond acceptors (Lipinski definition) is 13. The predicted molar refractivity (Wildman–Crippen MR) is 231 cm³/mol. The van der Waals surface area contributed by atoms with Gasteiger partial charge >= 0.3 is 17.9 Å². The molecule has 2 heterocycles. The summed E-state index contributed by atoms with van der Waals surface area (Å²) >= 11 is 0. The number of rotatable bonds is 9. The quantitative estimate of drug-likeness (QED) is 0.170. The van der Waals surface area contributed by atoms with Crippen LogP contribution in [0.4, 0.5) is 0 Å². The molecule has 340 valence electrons. The molecule has 2 aliphatic carbocycles. The number of carbonyl (C=O) groups is 5. The van der Waals surface area contributed by atoms with E-state index in [0.29, 0.717) is 24.2 Å². The van der Waals surface area contributed by atoms with Crippen LogP contribution in [-0.2, 0) is 42.8 Å². The number of hydrogen-bond donors (Lipinski definition) is 3. The van der Waals surface area contributed by atoms with Gasteiger partial charge in [0.1, 0.15) is 23.9 Å². The highest BCUT2D eigenvalue weighted by molar-refractivity contribution is 6.09. The van der Waals surface area contributed by atoms with Gasteiger partial charge in [-0.25, -0.2) is 9.59 Å². The summed E-state index contributed by atoms with van der Waals surface area (Å²) in [6.45, 7) is 8.47. The van der Waals surface area contributed by atoms with Crippen LogP contribution >= 0.6 is 0 Å². The van der Waals surface area contributed by atoms with E-state index >= 15 is 4.79 Å². The van der Waals surface area contributed by atoms with Crippen molar-refractivity contribution in [2.24, 2.45) is 11.3 Å². The first-order chi connectivity index (χ1) is 30.6. The van der Waals surface area contributed by atoms with Crippen molar-refractivity contribution in [3.63, 3.8) is 0 Å². The van der Waals surface area contributed by atoms with Crippen LogP contribution in [0.2, 0.25) is 0 Å². The Morgan fingerprint density at radius 2 is 1.44 bits per heavy atom. The molecule has 64 heavy (non-hydrogen) atoms. The molecule has 3 aromatic carbocycles. The van der Waals surface area contributed by atoms with Gasteiger partial charge in [-0.3, -0.25) is 14.4 Å². The van der Waals surface area contributed by atoms with Gasteiger partial charge in [-0.05, 0) is 74.1 Å². The topological polar surface area (TPSA) is 193 Å². The maximum atomic E-state index is 15.4. The zero-order valence-electron chi connectivity index (χ0n) is 36.9. The van der Waals surface area contributed by atoms with Crippen LogP contribution in [-0.4, -0.2) is 102 Å². The summed E-state index contributed by atoms with van der Waals surface area (Å²) in [7, 11) is 0. The molecule has 14 heteroatoms. The average molecular weight is 880 g/mol. The van der Waals surface area contributed by atoms with Crippen LogP contribution in [0.25, 0.3) is 0 Å². The molecule has 0 unspecified atom stereocenters. The number of nitrogens with one attached hydrogen (secondary N) is 1. The third kappa shape index (κ3) is 8.88. The minimum atomic E-state index is -2.26. The third-order valence-corrected chi connectivity index (χ3v) is 13.3. The van der Waals surface area contributed by atoms with E-state index in [0.717, 1.165) is 12.8 Å². The summed E-state index contributed by atoms with van der Waals surface area (Å²) in [6.07, 6.45) is -3.95. The number of aliphatic hydroxyl groups excluding tert-OH is 1. The van der Waals surface area contributed by atoms with Crippen molar-refractivity contribution in [2.75, 3.05) is 26.4 Å². The molecular weight excluding hydrogens is 823 g/mol. The lowest BCUT2D eigenvalue weighted by Crippen LogP contribution is -2.73. The number of Topliss-reactive ketones (excluding diaryl/α,β-unsaturated/α-hetero) is 1. The Labute approximate surface area is 372 Å². The Balaban J connectivity index is 1.37. The third-order valence-electron chi connectivity index (χ3n) is 13.3. The average Bonchev–Trinajstić information content (AvgIpc) is 3.27. The second kappa shape index (κ2) is 19.2. The van der Waals surface area contributed by atoms with E-state index in [9.17, 15) is 29.4 Å². The van der Waals surface area contributed by atoms with Crippen LogP contribution in [0, 0.1) is 11.3 Å². The number of benzene rings is 3. The van der Waals surface area contributed by atoms with E-state index in [1.165, 1.54) is 6.92 Å². The van der Waals surface area contributed by atoms with Gasteiger partial charge in [0.05, 0.1) is 30.7 Å². The summed E-state index contributed by atoms with van der Waals surface area (Å²) in [4.78, 5) is 70.8. The van der Waals surface area contributed by atoms with Crippen LogP contribution in [0.1, 0.15) is 99.0 Å². The molecule has 2 aliphatic heterocycles. The number of carbonyl (C=O) groups excluding carboxylic acids is 5. The van der Waals surface area contributed by atoms with Gasteiger partial charge in [0, 0.05) is 49.5 Å². The lowest BCUT2D eigenvalue weighted by molar-refractivity contribution is -0.296. The Bertz CT molecular complexity index is 2280. The van der Waals surface area contributed by atoms with E-state index in [-0.39, 0.29) is 54.3 Å². The fourth-order valence-corrected chi connectivity index (χ4v) is 9.81. The highest BCUT2D eigenvalue weighted by Crippen LogP contribution is 2.58. The monoisotopic (exact) mass is 879 g/mol. The second-order valence-corrected chi connectivity index (χ2v) is 17.6. The van der Waals surface area contributed by atoms with Gasteiger partial charge in [0.2, 0.25) is 5.78 Å². The van der Waals surface area contributed by atoms with E-state index < -0.39 is 89.0 Å². The first-order valence-corrected chi connectivity index (χ1v) is 21.9. The molecule has 1 saturated heterocycles. The Morgan fingerprint density at radius 3 is 2.06 bits per heavy atom. The van der Waals surface area contributed by atoms with Gasteiger partial charge in [-0.1, -0.05) is 80.6 Å². The summed E-state index contributed by atoms with van der Waals surface area (Å²) < 4.78 is 37.5. The number of ketones is 1. The fourth-order valence-electron chi connectivity index (χ4n) is 9.81. The van der Waals surface area contributed by atoms with Crippen molar-refractivity contribution < 1.29 is 62.6 Å². The first-order valence-electron chi connectivity index (χ1n) is 21.9. The van der Waals surface area contributed by atoms with Crippen molar-refractivity contribution in [3.8, 4) is 0 Å². The molecule has 0 radical (unpaired) electrons. The number of ether oxygens (including phenoxy) is 6. The molecule has 14 nitrogen and oxygen atoms in total. The molecule has 8 atom stereocenters. The lowest BCUT2D eigenvalue weighted by Gasteiger charge is -2.60. The number of aliphatic hydroxyl groups is 2. The first kappa shape index (κ1) is 46.3. The largest absolute Gasteiger partial charge is 0.490 e. The normalized spacial score (nSPS) is 28.0. The molecule has 3 N–H and O–H groups in total. The number of allylic oxidation sites excluding steroid dienone is 1. The molecule has 0 spiro atoms. The standard InChI is InChI=1S/C50H57NO13/c1-30-36(62-47(57)42(54)40(33-18-10-6-11-19-33)51-45(55)34-20-12-7-13-21-34)28-50(58)44(63-46(56)35-22-14-8-15-23-35)39-31(2)43(41(53)38(30)48(50,4)5)60-26-17-9-16-25-59-27-24-37-49(39,29-61-37)64-32(3)52/h6-8,10-15,18-23,36-37,39-40,42,44,54,58H,9,16-17,24-29H2,1-5H3,(H,51,55)/t36-,37+,39+,40-,42+,44-,49-,50+/m0/s1. The highest BCUT2D eigenvalue weighted by atomic mass is 16.6. The van der Waals surface area contributed by atoms with Crippen molar-refractivity contribution in [2.45, 2.75) is 108 Å². The smallest absolute Gasteiger partial charge is 0.338 e. The predicted octanol–water partition coefficient (Wildman–Crippen LogP) is 5.91. The Morgan fingerprint density at radius 1 is 0.812 bits per heavy atom. The molecule has 1 amide bonds. The zero-order chi connectivity index (χ0) is 45.8. The van der Waals surface area contributed by atoms with Crippen molar-refractivity contribution >= 4 is 29.6 Å². The molecule has 4 bridgehead atoms. The van der Waals surface area contributed by atoms with Crippen molar-refractivity contribution in [3.05, 3.63) is 130 Å². The number of fused-ring (bicyclic) bond motifs is 5. The molecule has 0 saturated carbocycles. The van der Waals surface area contributed by atoms with Crippen LogP contribution in [0.5, 0.6) is 0 Å². The Hall–Kier alpha value is -5.67. The highest BCUT2D eigenvalue weighted by Gasteiger charge is 2.70. The summed E-state index contributed by atoms with van der Waals surface area (Å²) in [5, 5.41) is 28.3. The van der Waals surface area contributed by atoms with Gasteiger partial charge in [0.15, 0.2) is 17.5 Å². The number of amides is 1.